The first-order valence-electron chi connectivity index (χ1n) is 13.2. The summed E-state index contributed by atoms with van der Waals surface area (Å²) in [5, 5.41) is 11.8. The third-order valence-corrected chi connectivity index (χ3v) is 6.87. The maximum Gasteiger partial charge on any atom is 0.286 e. The quantitative estimate of drug-likeness (QED) is 0.246. The summed E-state index contributed by atoms with van der Waals surface area (Å²) in [6.07, 6.45) is 1.26. The van der Waals surface area contributed by atoms with Gasteiger partial charge in [-0.2, -0.15) is 0 Å². The summed E-state index contributed by atoms with van der Waals surface area (Å²) in [5.41, 5.74) is 3.63. The van der Waals surface area contributed by atoms with Crippen molar-refractivity contribution in [3.63, 3.8) is 0 Å². The van der Waals surface area contributed by atoms with Gasteiger partial charge in [0.15, 0.2) is 5.76 Å². The van der Waals surface area contributed by atoms with E-state index in [0.717, 1.165) is 22.4 Å². The number of hydrogen-bond acceptors (Lipinski definition) is 7. The van der Waals surface area contributed by atoms with E-state index in [1.54, 1.807) is 10.8 Å². The standard InChI is InChI=1S/C29H33N5O6/c1-19-27(29(37)34(33(19)2)21-8-4-3-5-9-21)20-16-24(40-26(17-20)39-15-14-38-13-12-35)28(36)30-18-25-31-22-10-6-7-11-23(22)32-25/h3-11,16,20,26,35H,12-15,17-18H2,1-2H3,(H,30,36)(H,31,32)/t20-,26+/m0/s1. The van der Waals surface area contributed by atoms with E-state index in [9.17, 15) is 9.59 Å². The first-order chi connectivity index (χ1) is 19.5. The molecule has 1 aliphatic rings. The molecule has 2 aromatic heterocycles. The number of allylic oxidation sites excluding steroid dienone is 1. The van der Waals surface area contributed by atoms with Crippen LogP contribution in [0.15, 0.2) is 71.2 Å². The number of benzene rings is 2. The molecule has 0 unspecified atom stereocenters. The molecule has 0 radical (unpaired) electrons. The molecule has 1 amide bonds. The predicted molar refractivity (Wildman–Crippen MR) is 148 cm³/mol. The van der Waals surface area contributed by atoms with Crippen LogP contribution in [0.3, 0.4) is 0 Å². The van der Waals surface area contributed by atoms with Gasteiger partial charge in [0.2, 0.25) is 6.29 Å². The van der Waals surface area contributed by atoms with Gasteiger partial charge < -0.3 is 29.6 Å². The Labute approximate surface area is 231 Å². The fourth-order valence-electron chi connectivity index (χ4n) is 4.88. The number of carbonyl (C=O) groups excluding carboxylic acids is 1. The van der Waals surface area contributed by atoms with Crippen LogP contribution in [0, 0.1) is 6.92 Å². The first kappa shape index (κ1) is 27.4. The van der Waals surface area contributed by atoms with Crippen LogP contribution in [0.2, 0.25) is 0 Å². The van der Waals surface area contributed by atoms with Crippen LogP contribution in [0.5, 0.6) is 0 Å². The van der Waals surface area contributed by atoms with Crippen LogP contribution in [-0.4, -0.2) is 63.1 Å². The number of H-pyrrole nitrogens is 1. The van der Waals surface area contributed by atoms with Gasteiger partial charge in [-0.15, -0.1) is 0 Å². The molecular weight excluding hydrogens is 514 g/mol. The maximum atomic E-state index is 13.7. The zero-order valence-electron chi connectivity index (χ0n) is 22.5. The van der Waals surface area contributed by atoms with Crippen molar-refractivity contribution in [3.8, 4) is 5.69 Å². The molecular formula is C29H33N5O6. The molecule has 2 atom stereocenters. The number of nitrogens with one attached hydrogen (secondary N) is 2. The Balaban J connectivity index is 1.39. The molecule has 0 saturated heterocycles. The Hall–Kier alpha value is -4.19. The summed E-state index contributed by atoms with van der Waals surface area (Å²) in [6.45, 7) is 2.64. The van der Waals surface area contributed by atoms with E-state index in [0.29, 0.717) is 17.8 Å². The van der Waals surface area contributed by atoms with E-state index in [1.807, 2.05) is 73.3 Å². The Morgan fingerprint density at radius 3 is 2.70 bits per heavy atom. The van der Waals surface area contributed by atoms with Crippen molar-refractivity contribution >= 4 is 16.9 Å². The summed E-state index contributed by atoms with van der Waals surface area (Å²) in [5.74, 6) is -0.177. The number of ether oxygens (including phenoxy) is 3. The molecule has 0 fully saturated rings. The van der Waals surface area contributed by atoms with Crippen molar-refractivity contribution in [2.45, 2.75) is 32.1 Å². The predicted octanol–water partition coefficient (Wildman–Crippen LogP) is 2.42. The van der Waals surface area contributed by atoms with Gasteiger partial charge in [-0.3, -0.25) is 14.3 Å². The number of para-hydroxylation sites is 3. The molecule has 1 aliphatic heterocycles. The molecule has 0 bridgehead atoms. The highest BCUT2D eigenvalue weighted by Gasteiger charge is 2.33. The number of imidazole rings is 1. The molecule has 5 rings (SSSR count). The molecule has 3 heterocycles. The summed E-state index contributed by atoms with van der Waals surface area (Å²) >= 11 is 0. The summed E-state index contributed by atoms with van der Waals surface area (Å²) in [4.78, 5) is 34.6. The third-order valence-electron chi connectivity index (χ3n) is 6.87. The number of carbonyl (C=O) groups is 1. The van der Waals surface area contributed by atoms with Crippen molar-refractivity contribution in [2.75, 3.05) is 26.4 Å². The molecule has 0 saturated carbocycles. The maximum absolute atomic E-state index is 13.7. The third kappa shape index (κ3) is 5.86. The fraction of sp³-hybridized carbons (Fsp3) is 0.345. The van der Waals surface area contributed by atoms with Crippen molar-refractivity contribution in [2.24, 2.45) is 7.05 Å². The zero-order valence-corrected chi connectivity index (χ0v) is 22.5. The monoisotopic (exact) mass is 547 g/mol. The Morgan fingerprint density at radius 1 is 1.15 bits per heavy atom. The Kier molecular flexibility index (Phi) is 8.44. The smallest absolute Gasteiger partial charge is 0.286 e. The van der Waals surface area contributed by atoms with Crippen molar-refractivity contribution in [1.82, 2.24) is 24.6 Å². The van der Waals surface area contributed by atoms with Crippen molar-refractivity contribution in [3.05, 3.63) is 93.9 Å². The Bertz CT molecular complexity index is 1520. The number of amides is 1. The first-order valence-corrected chi connectivity index (χ1v) is 13.2. The topological polar surface area (TPSA) is 133 Å². The van der Waals surface area contributed by atoms with Crippen LogP contribution >= 0.6 is 0 Å². The largest absolute Gasteiger partial charge is 0.459 e. The van der Waals surface area contributed by atoms with Crippen molar-refractivity contribution in [1.29, 1.82) is 0 Å². The number of hydrogen-bond donors (Lipinski definition) is 3. The minimum Gasteiger partial charge on any atom is -0.459 e. The normalized spacial score (nSPS) is 17.0. The number of aliphatic hydroxyl groups excluding tert-OH is 1. The van der Waals surface area contributed by atoms with Crippen molar-refractivity contribution < 1.29 is 24.1 Å². The molecule has 3 N–H and O–H groups in total. The lowest BCUT2D eigenvalue weighted by atomic mass is 9.93. The number of aliphatic hydroxyl groups is 1. The van der Waals surface area contributed by atoms with Gasteiger partial charge in [0.1, 0.15) is 5.82 Å². The van der Waals surface area contributed by atoms with E-state index in [1.165, 1.54) is 0 Å². The minimum atomic E-state index is -0.774. The minimum absolute atomic E-state index is 0.0718. The van der Waals surface area contributed by atoms with Gasteiger partial charge in [0.05, 0.1) is 49.7 Å². The average molecular weight is 548 g/mol. The van der Waals surface area contributed by atoms with Crippen LogP contribution in [0.25, 0.3) is 16.7 Å². The summed E-state index contributed by atoms with van der Waals surface area (Å²) in [6, 6.07) is 17.0. The number of aromatic amines is 1. The number of nitrogens with zero attached hydrogens (tertiary/aromatic N) is 3. The lowest BCUT2D eigenvalue weighted by Crippen LogP contribution is -2.34. The highest BCUT2D eigenvalue weighted by atomic mass is 16.7. The molecule has 0 spiro atoms. The lowest BCUT2D eigenvalue weighted by molar-refractivity contribution is -0.151. The second-order valence-electron chi connectivity index (χ2n) is 9.49. The van der Waals surface area contributed by atoms with E-state index in [4.69, 9.17) is 19.3 Å². The van der Waals surface area contributed by atoms with Gasteiger partial charge in [-0.05, 0) is 37.3 Å². The second kappa shape index (κ2) is 12.3. The molecule has 11 heteroatoms. The van der Waals surface area contributed by atoms with Crippen LogP contribution < -0.4 is 10.9 Å². The van der Waals surface area contributed by atoms with Crippen LogP contribution in [0.4, 0.5) is 0 Å². The molecule has 40 heavy (non-hydrogen) atoms. The lowest BCUT2D eigenvalue weighted by Gasteiger charge is -2.28. The van der Waals surface area contributed by atoms with Crippen LogP contribution in [-0.2, 0) is 32.6 Å². The number of aromatic nitrogens is 4. The van der Waals surface area contributed by atoms with E-state index >= 15 is 0 Å². The highest BCUT2D eigenvalue weighted by Crippen LogP contribution is 2.32. The van der Waals surface area contributed by atoms with Gasteiger partial charge in [-0.1, -0.05) is 30.3 Å². The SMILES string of the molecule is Cc1c([C@H]2C=C(C(=O)NCc3nc4ccccc4[nH]3)O[C@@H](OCCOCCO)C2)c(=O)n(-c2ccccc2)n1C. The van der Waals surface area contributed by atoms with E-state index in [2.05, 4.69) is 15.3 Å². The Morgan fingerprint density at radius 2 is 1.93 bits per heavy atom. The zero-order chi connectivity index (χ0) is 28.1. The van der Waals surface area contributed by atoms with Gasteiger partial charge in [0.25, 0.3) is 11.5 Å². The summed E-state index contributed by atoms with van der Waals surface area (Å²) < 4.78 is 20.5. The second-order valence-corrected chi connectivity index (χ2v) is 9.49. The highest BCUT2D eigenvalue weighted by molar-refractivity contribution is 5.91. The van der Waals surface area contributed by atoms with E-state index in [-0.39, 0.29) is 44.3 Å². The fourth-order valence-corrected chi connectivity index (χ4v) is 4.88. The number of rotatable bonds is 11. The molecule has 11 nitrogen and oxygen atoms in total. The average Bonchev–Trinajstić information content (AvgIpc) is 3.49. The van der Waals surface area contributed by atoms with Gasteiger partial charge in [0, 0.05) is 30.6 Å². The van der Waals surface area contributed by atoms with E-state index < -0.39 is 18.1 Å². The summed E-state index contributed by atoms with van der Waals surface area (Å²) in [7, 11) is 1.84. The van der Waals surface area contributed by atoms with Crippen LogP contribution in [0.1, 0.15) is 29.4 Å². The number of fused-ring (bicyclic) bond motifs is 1. The molecule has 210 valence electrons. The molecule has 4 aromatic rings. The molecule has 0 aliphatic carbocycles. The van der Waals surface area contributed by atoms with Gasteiger partial charge in [-0.25, -0.2) is 9.67 Å². The molecule has 2 aromatic carbocycles. The van der Waals surface area contributed by atoms with Gasteiger partial charge >= 0.3 is 0 Å².